The van der Waals surface area contributed by atoms with E-state index in [1.54, 1.807) is 0 Å². The zero-order valence-corrected chi connectivity index (χ0v) is 15.8. The first-order chi connectivity index (χ1) is 13.2. The molecule has 142 valence electrons. The number of nitrogens with one attached hydrogen (secondary N) is 2. The summed E-state index contributed by atoms with van der Waals surface area (Å²) in [5, 5.41) is 6.19. The predicted molar refractivity (Wildman–Crippen MR) is 108 cm³/mol. The molecule has 1 saturated heterocycles. The minimum absolute atomic E-state index is 0.00331. The van der Waals surface area contributed by atoms with Crippen molar-refractivity contribution in [2.45, 2.75) is 32.2 Å². The van der Waals surface area contributed by atoms with Crippen LogP contribution in [-0.2, 0) is 4.79 Å². The molecule has 1 aliphatic rings. The van der Waals surface area contributed by atoms with Crippen LogP contribution in [0.1, 0.15) is 48.1 Å². The summed E-state index contributed by atoms with van der Waals surface area (Å²) in [6.45, 7) is 3.89. The number of rotatable bonds is 7. The van der Waals surface area contributed by atoms with E-state index in [1.165, 1.54) is 0 Å². The van der Waals surface area contributed by atoms with Gasteiger partial charge in [0.1, 0.15) is 0 Å². The standard InChI is InChI=1S/C22H27N3O2/c1-2-20(17-9-4-3-5-10-17)24-21(26)16-23-19-12-8-11-18(15-19)22(27)25-13-6-7-14-25/h3-5,8-12,15,20,23H,2,6-7,13-14,16H2,1H3,(H,24,26). The fourth-order valence-corrected chi connectivity index (χ4v) is 3.40. The van der Waals surface area contributed by atoms with E-state index < -0.39 is 0 Å². The third-order valence-electron chi connectivity index (χ3n) is 4.90. The summed E-state index contributed by atoms with van der Waals surface area (Å²) in [7, 11) is 0. The normalized spacial score (nSPS) is 14.6. The highest BCUT2D eigenvalue weighted by atomic mass is 16.2. The summed E-state index contributed by atoms with van der Waals surface area (Å²) in [6, 6.07) is 17.3. The number of anilines is 1. The second-order valence-electron chi connectivity index (χ2n) is 6.87. The van der Waals surface area contributed by atoms with E-state index in [9.17, 15) is 9.59 Å². The maximum absolute atomic E-state index is 12.5. The Morgan fingerprint density at radius 1 is 1.04 bits per heavy atom. The van der Waals surface area contributed by atoms with Crippen molar-refractivity contribution < 1.29 is 9.59 Å². The zero-order valence-electron chi connectivity index (χ0n) is 15.8. The summed E-state index contributed by atoms with van der Waals surface area (Å²) < 4.78 is 0. The topological polar surface area (TPSA) is 61.4 Å². The Labute approximate surface area is 160 Å². The van der Waals surface area contributed by atoms with Gasteiger partial charge < -0.3 is 15.5 Å². The van der Waals surface area contributed by atoms with Gasteiger partial charge in [-0.25, -0.2) is 0 Å². The Morgan fingerprint density at radius 3 is 2.48 bits per heavy atom. The quantitative estimate of drug-likeness (QED) is 0.788. The maximum Gasteiger partial charge on any atom is 0.253 e. The van der Waals surface area contributed by atoms with E-state index >= 15 is 0 Å². The smallest absolute Gasteiger partial charge is 0.253 e. The molecule has 2 aromatic rings. The van der Waals surface area contributed by atoms with Gasteiger partial charge in [0, 0.05) is 24.3 Å². The maximum atomic E-state index is 12.5. The minimum atomic E-state index is -0.0676. The molecule has 1 fully saturated rings. The number of nitrogens with zero attached hydrogens (tertiary/aromatic N) is 1. The van der Waals surface area contributed by atoms with Gasteiger partial charge in [-0.05, 0) is 43.0 Å². The fraction of sp³-hybridized carbons (Fsp3) is 0.364. The molecule has 27 heavy (non-hydrogen) atoms. The highest BCUT2D eigenvalue weighted by Gasteiger charge is 2.19. The van der Waals surface area contributed by atoms with Gasteiger partial charge in [0.2, 0.25) is 5.91 Å². The summed E-state index contributed by atoms with van der Waals surface area (Å²) in [5.74, 6) is -0.00213. The zero-order chi connectivity index (χ0) is 19.1. The van der Waals surface area contributed by atoms with E-state index in [-0.39, 0.29) is 24.4 Å². The molecule has 1 heterocycles. The van der Waals surface area contributed by atoms with Crippen LogP contribution in [0.5, 0.6) is 0 Å². The number of amides is 2. The second kappa shape index (κ2) is 9.21. The molecule has 1 unspecified atom stereocenters. The van der Waals surface area contributed by atoms with Gasteiger partial charge >= 0.3 is 0 Å². The predicted octanol–water partition coefficient (Wildman–Crippen LogP) is 3.60. The fourth-order valence-electron chi connectivity index (χ4n) is 3.40. The Bertz CT molecular complexity index is 770. The van der Waals surface area contributed by atoms with Crippen LogP contribution >= 0.6 is 0 Å². The molecule has 0 radical (unpaired) electrons. The van der Waals surface area contributed by atoms with Crippen LogP contribution in [0.25, 0.3) is 0 Å². The number of hydrogen-bond donors (Lipinski definition) is 2. The first-order valence-corrected chi connectivity index (χ1v) is 9.65. The monoisotopic (exact) mass is 365 g/mol. The molecule has 0 spiro atoms. The van der Waals surface area contributed by atoms with Crippen molar-refractivity contribution in [2.75, 3.05) is 25.0 Å². The van der Waals surface area contributed by atoms with Crippen LogP contribution in [0.15, 0.2) is 54.6 Å². The highest BCUT2D eigenvalue weighted by molar-refractivity contribution is 5.95. The molecule has 2 aromatic carbocycles. The van der Waals surface area contributed by atoms with Crippen LogP contribution in [0.4, 0.5) is 5.69 Å². The van der Waals surface area contributed by atoms with E-state index in [0.29, 0.717) is 5.56 Å². The molecule has 3 rings (SSSR count). The lowest BCUT2D eigenvalue weighted by atomic mass is 10.0. The van der Waals surface area contributed by atoms with Crippen molar-refractivity contribution in [3.63, 3.8) is 0 Å². The molecule has 0 bridgehead atoms. The number of carbonyl (C=O) groups is 2. The van der Waals surface area contributed by atoms with Crippen molar-refractivity contribution in [1.82, 2.24) is 10.2 Å². The largest absolute Gasteiger partial charge is 0.376 e. The van der Waals surface area contributed by atoms with E-state index in [4.69, 9.17) is 0 Å². The molecule has 2 amide bonds. The first kappa shape index (κ1) is 19.0. The van der Waals surface area contributed by atoms with Gasteiger partial charge in [-0.1, -0.05) is 43.3 Å². The molecule has 5 nitrogen and oxygen atoms in total. The van der Waals surface area contributed by atoms with Crippen LogP contribution in [0.3, 0.4) is 0 Å². The molecule has 5 heteroatoms. The van der Waals surface area contributed by atoms with Gasteiger partial charge in [-0.2, -0.15) is 0 Å². The van der Waals surface area contributed by atoms with Gasteiger partial charge in [-0.3, -0.25) is 9.59 Å². The first-order valence-electron chi connectivity index (χ1n) is 9.65. The molecular formula is C22H27N3O2. The van der Waals surface area contributed by atoms with Crippen molar-refractivity contribution >= 4 is 17.5 Å². The van der Waals surface area contributed by atoms with E-state index in [0.717, 1.165) is 43.6 Å². The van der Waals surface area contributed by atoms with Crippen molar-refractivity contribution in [3.8, 4) is 0 Å². The average Bonchev–Trinajstić information content (AvgIpc) is 3.25. The number of benzene rings is 2. The third kappa shape index (κ3) is 5.09. The Kier molecular flexibility index (Phi) is 6.47. The molecule has 2 N–H and O–H groups in total. The molecular weight excluding hydrogens is 338 g/mol. The van der Waals surface area contributed by atoms with Crippen LogP contribution < -0.4 is 10.6 Å². The molecule has 0 saturated carbocycles. The highest BCUT2D eigenvalue weighted by Crippen LogP contribution is 2.17. The minimum Gasteiger partial charge on any atom is -0.376 e. The van der Waals surface area contributed by atoms with Gasteiger partial charge in [0.15, 0.2) is 0 Å². The number of likely N-dealkylation sites (tertiary alicyclic amines) is 1. The SMILES string of the molecule is CCC(NC(=O)CNc1cccc(C(=O)N2CCCC2)c1)c1ccccc1. The lowest BCUT2D eigenvalue weighted by Crippen LogP contribution is -2.33. The van der Waals surface area contributed by atoms with Crippen LogP contribution in [0.2, 0.25) is 0 Å². The van der Waals surface area contributed by atoms with Gasteiger partial charge in [-0.15, -0.1) is 0 Å². The summed E-state index contributed by atoms with van der Waals surface area (Å²) >= 11 is 0. The van der Waals surface area contributed by atoms with Gasteiger partial charge in [0.05, 0.1) is 12.6 Å². The van der Waals surface area contributed by atoms with Crippen molar-refractivity contribution in [3.05, 3.63) is 65.7 Å². The Balaban J connectivity index is 1.55. The average molecular weight is 365 g/mol. The van der Waals surface area contributed by atoms with Crippen molar-refractivity contribution in [1.29, 1.82) is 0 Å². The van der Waals surface area contributed by atoms with E-state index in [1.807, 2.05) is 59.5 Å². The summed E-state index contributed by atoms with van der Waals surface area (Å²) in [5.41, 5.74) is 2.55. The number of carbonyl (C=O) groups excluding carboxylic acids is 2. The Hall–Kier alpha value is -2.82. The Morgan fingerprint density at radius 2 is 1.78 bits per heavy atom. The van der Waals surface area contributed by atoms with Gasteiger partial charge in [0.25, 0.3) is 5.91 Å². The molecule has 0 aromatic heterocycles. The third-order valence-corrected chi connectivity index (χ3v) is 4.90. The lowest BCUT2D eigenvalue weighted by molar-refractivity contribution is -0.120. The van der Waals surface area contributed by atoms with E-state index in [2.05, 4.69) is 17.6 Å². The second-order valence-corrected chi connectivity index (χ2v) is 6.87. The molecule has 0 aliphatic carbocycles. The molecule has 1 atom stereocenters. The summed E-state index contributed by atoms with van der Waals surface area (Å²) in [4.78, 5) is 26.7. The van der Waals surface area contributed by atoms with Crippen LogP contribution in [-0.4, -0.2) is 36.3 Å². The molecule has 1 aliphatic heterocycles. The summed E-state index contributed by atoms with van der Waals surface area (Å²) in [6.07, 6.45) is 2.98. The van der Waals surface area contributed by atoms with Crippen molar-refractivity contribution in [2.24, 2.45) is 0 Å². The van der Waals surface area contributed by atoms with Crippen LogP contribution in [0, 0.1) is 0 Å². The lowest BCUT2D eigenvalue weighted by Gasteiger charge is -2.18. The number of hydrogen-bond acceptors (Lipinski definition) is 3.